The highest BCUT2D eigenvalue weighted by Gasteiger charge is 1.90. The lowest BCUT2D eigenvalue weighted by molar-refractivity contribution is 1.16. The van der Waals surface area contributed by atoms with E-state index < -0.39 is 0 Å². The molecule has 2 aromatic carbocycles. The minimum Gasteiger partial charge on any atom is -0.323 e. The molecule has 0 aliphatic heterocycles. The molecule has 2 heteroatoms. The van der Waals surface area contributed by atoms with E-state index in [1.807, 2.05) is 48.5 Å². The zero-order valence-corrected chi connectivity index (χ0v) is 7.14. The summed E-state index contributed by atoms with van der Waals surface area (Å²) in [4.78, 5) is 0. The standard InChI is InChI=1S/C11H10N2/c12-13-11-8-4-2-6-9-5-1-3-7-10(9)11/h1-8H,12H2. The van der Waals surface area contributed by atoms with Gasteiger partial charge in [-0.25, -0.2) is 0 Å². The predicted octanol–water partition coefficient (Wildman–Crippen LogP) is 1.61. The average Bonchev–Trinajstić information content (AvgIpc) is 2.39. The monoisotopic (exact) mass is 170 g/mol. The van der Waals surface area contributed by atoms with Crippen LogP contribution in [0, 0.1) is 0 Å². The zero-order valence-electron chi connectivity index (χ0n) is 7.14. The number of nitrogens with two attached hydrogens (primary N) is 1. The molecule has 0 radical (unpaired) electrons. The van der Waals surface area contributed by atoms with E-state index >= 15 is 0 Å². The lowest BCUT2D eigenvalue weighted by Crippen LogP contribution is -2.02. The van der Waals surface area contributed by atoms with Crippen molar-refractivity contribution in [3.8, 4) is 0 Å². The molecule has 0 spiro atoms. The smallest absolute Gasteiger partial charge is 0.0905 e. The topological polar surface area (TPSA) is 38.4 Å². The first-order chi connectivity index (χ1) is 6.42. The summed E-state index contributed by atoms with van der Waals surface area (Å²) < 4.78 is 0. The van der Waals surface area contributed by atoms with E-state index in [9.17, 15) is 0 Å². The third-order valence-corrected chi connectivity index (χ3v) is 2.02. The van der Waals surface area contributed by atoms with Crippen LogP contribution in [0.2, 0.25) is 0 Å². The van der Waals surface area contributed by atoms with Gasteiger partial charge in [-0.1, -0.05) is 42.5 Å². The third kappa shape index (κ3) is 1.38. The second-order valence-corrected chi connectivity index (χ2v) is 2.82. The fourth-order valence-corrected chi connectivity index (χ4v) is 1.38. The Morgan fingerprint density at radius 2 is 1.46 bits per heavy atom. The molecule has 2 rings (SSSR count). The van der Waals surface area contributed by atoms with Gasteiger partial charge in [-0.2, -0.15) is 5.10 Å². The average molecular weight is 170 g/mol. The number of rotatable bonds is 0. The number of nitrogens with zero attached hydrogens (tertiary/aromatic N) is 1. The first kappa shape index (κ1) is 7.80. The van der Waals surface area contributed by atoms with Gasteiger partial charge in [-0.05, 0) is 11.5 Å². The van der Waals surface area contributed by atoms with Crippen LogP contribution in [0.4, 0.5) is 0 Å². The van der Waals surface area contributed by atoms with Crippen molar-refractivity contribution in [2.24, 2.45) is 10.9 Å². The summed E-state index contributed by atoms with van der Waals surface area (Å²) in [6, 6.07) is 15.9. The number of benzene rings is 1. The molecule has 2 aromatic rings. The first-order valence-electron chi connectivity index (χ1n) is 4.14. The van der Waals surface area contributed by atoms with Crippen LogP contribution in [0.1, 0.15) is 0 Å². The molecule has 0 fully saturated rings. The van der Waals surface area contributed by atoms with Gasteiger partial charge >= 0.3 is 0 Å². The number of hydrogen-bond donors (Lipinski definition) is 1. The van der Waals surface area contributed by atoms with Crippen LogP contribution in [0.15, 0.2) is 53.6 Å². The van der Waals surface area contributed by atoms with Crippen molar-refractivity contribution in [3.05, 3.63) is 53.9 Å². The molecule has 0 aromatic heterocycles. The van der Waals surface area contributed by atoms with Crippen LogP contribution in [0.5, 0.6) is 0 Å². The Hall–Kier alpha value is -1.83. The van der Waals surface area contributed by atoms with Crippen molar-refractivity contribution in [1.82, 2.24) is 0 Å². The van der Waals surface area contributed by atoms with Gasteiger partial charge in [0, 0.05) is 5.39 Å². The molecule has 0 amide bonds. The molecule has 13 heavy (non-hydrogen) atoms. The molecule has 0 atom stereocenters. The molecule has 0 saturated heterocycles. The third-order valence-electron chi connectivity index (χ3n) is 2.02. The molecule has 2 nitrogen and oxygen atoms in total. The Kier molecular flexibility index (Phi) is 1.96. The van der Waals surface area contributed by atoms with E-state index in [0.29, 0.717) is 0 Å². The summed E-state index contributed by atoms with van der Waals surface area (Å²) in [5.41, 5.74) is 0. The maximum Gasteiger partial charge on any atom is 0.0905 e. The van der Waals surface area contributed by atoms with Crippen molar-refractivity contribution in [3.63, 3.8) is 0 Å². The summed E-state index contributed by atoms with van der Waals surface area (Å²) >= 11 is 0. The molecule has 0 unspecified atom stereocenters. The first-order valence-corrected chi connectivity index (χ1v) is 4.14. The molecule has 0 heterocycles. The molecule has 0 bridgehead atoms. The zero-order chi connectivity index (χ0) is 9.10. The summed E-state index contributed by atoms with van der Waals surface area (Å²) in [5.74, 6) is 5.30. The Balaban J connectivity index is 3.04. The highest BCUT2D eigenvalue weighted by atomic mass is 15.1. The largest absolute Gasteiger partial charge is 0.323 e. The van der Waals surface area contributed by atoms with Crippen molar-refractivity contribution in [2.45, 2.75) is 0 Å². The lowest BCUT2D eigenvalue weighted by Gasteiger charge is -1.89. The molecule has 2 N–H and O–H groups in total. The van der Waals surface area contributed by atoms with Gasteiger partial charge in [0.15, 0.2) is 0 Å². The van der Waals surface area contributed by atoms with Crippen LogP contribution in [0.3, 0.4) is 0 Å². The van der Waals surface area contributed by atoms with Crippen LogP contribution in [0.25, 0.3) is 10.8 Å². The summed E-state index contributed by atoms with van der Waals surface area (Å²) in [6.45, 7) is 0. The van der Waals surface area contributed by atoms with E-state index in [1.165, 1.54) is 0 Å². The predicted molar refractivity (Wildman–Crippen MR) is 53.7 cm³/mol. The molecular weight excluding hydrogens is 160 g/mol. The summed E-state index contributed by atoms with van der Waals surface area (Å²) in [6.07, 6.45) is 0. The molecule has 0 aliphatic rings. The minimum absolute atomic E-state index is 0.820. The van der Waals surface area contributed by atoms with Gasteiger partial charge in [0.1, 0.15) is 0 Å². The normalized spacial score (nSPS) is 11.8. The van der Waals surface area contributed by atoms with Crippen molar-refractivity contribution < 1.29 is 0 Å². The second kappa shape index (κ2) is 3.27. The van der Waals surface area contributed by atoms with Gasteiger partial charge in [-0.3, -0.25) is 0 Å². The molecular formula is C11H10N2. The number of fused-ring (bicyclic) bond motifs is 1. The van der Waals surface area contributed by atoms with E-state index in [0.717, 1.165) is 16.1 Å². The fourth-order valence-electron chi connectivity index (χ4n) is 1.38. The van der Waals surface area contributed by atoms with Crippen molar-refractivity contribution >= 4 is 10.8 Å². The second-order valence-electron chi connectivity index (χ2n) is 2.82. The van der Waals surface area contributed by atoms with Crippen molar-refractivity contribution in [2.75, 3.05) is 0 Å². The Morgan fingerprint density at radius 3 is 2.15 bits per heavy atom. The van der Waals surface area contributed by atoms with Crippen LogP contribution < -0.4 is 11.2 Å². The van der Waals surface area contributed by atoms with Crippen LogP contribution in [-0.4, -0.2) is 0 Å². The van der Waals surface area contributed by atoms with Gasteiger partial charge < -0.3 is 5.84 Å². The quantitative estimate of drug-likeness (QED) is 0.473. The molecule has 0 aliphatic carbocycles. The maximum atomic E-state index is 5.30. The lowest BCUT2D eigenvalue weighted by atomic mass is 10.2. The van der Waals surface area contributed by atoms with E-state index in [4.69, 9.17) is 5.84 Å². The Labute approximate surface area is 76.3 Å². The Morgan fingerprint density at radius 1 is 0.846 bits per heavy atom. The summed E-state index contributed by atoms with van der Waals surface area (Å²) in [7, 11) is 0. The van der Waals surface area contributed by atoms with Gasteiger partial charge in [0.05, 0.1) is 5.36 Å². The van der Waals surface area contributed by atoms with Crippen LogP contribution >= 0.6 is 0 Å². The Bertz CT molecular complexity index is 489. The van der Waals surface area contributed by atoms with Gasteiger partial charge in [-0.15, -0.1) is 0 Å². The van der Waals surface area contributed by atoms with E-state index in [-0.39, 0.29) is 0 Å². The highest BCUT2D eigenvalue weighted by Crippen LogP contribution is 2.06. The fraction of sp³-hybridized carbons (Fsp3) is 0. The SMILES string of the molecule is NN=c1ccccc2ccccc12. The van der Waals surface area contributed by atoms with Gasteiger partial charge in [0.25, 0.3) is 0 Å². The van der Waals surface area contributed by atoms with E-state index in [2.05, 4.69) is 5.10 Å². The number of hydrogen-bond acceptors (Lipinski definition) is 2. The molecule has 64 valence electrons. The van der Waals surface area contributed by atoms with Gasteiger partial charge in [0.2, 0.25) is 0 Å². The van der Waals surface area contributed by atoms with Crippen LogP contribution in [-0.2, 0) is 0 Å². The maximum absolute atomic E-state index is 5.30. The van der Waals surface area contributed by atoms with E-state index in [1.54, 1.807) is 0 Å². The highest BCUT2D eigenvalue weighted by molar-refractivity contribution is 5.81. The minimum atomic E-state index is 0.820. The van der Waals surface area contributed by atoms with Crippen molar-refractivity contribution in [1.29, 1.82) is 0 Å². The molecule has 0 saturated carbocycles. The summed E-state index contributed by atoms with van der Waals surface area (Å²) in [5, 5.41) is 6.79.